The summed E-state index contributed by atoms with van der Waals surface area (Å²) in [5.74, 6) is 0. The molecule has 90 valence electrons. The van der Waals surface area contributed by atoms with Gasteiger partial charge in [0.25, 0.3) is 0 Å². The van der Waals surface area contributed by atoms with Gasteiger partial charge < -0.3 is 18.9 Å². The molecule has 2 aliphatic rings. The molecule has 0 bridgehead atoms. The van der Waals surface area contributed by atoms with E-state index in [-0.39, 0.29) is 18.2 Å². The summed E-state index contributed by atoms with van der Waals surface area (Å²) in [6.45, 7) is -1.16. The summed E-state index contributed by atoms with van der Waals surface area (Å²) in [5, 5.41) is 0. The van der Waals surface area contributed by atoms with Gasteiger partial charge in [-0.15, -0.1) is 0 Å². The normalized spacial score (nSPS) is 46.6. The minimum atomic E-state index is -2.72. The topological polar surface area (TPSA) is 47.9 Å². The Morgan fingerprint density at radius 3 is 2.88 bits per heavy atom. The van der Waals surface area contributed by atoms with Crippen LogP contribution in [0.15, 0.2) is 0 Å². The average Bonchev–Trinajstić information content (AvgIpc) is 2.55. The number of ether oxygens (including phenoxy) is 2. The molecule has 2 rings (SSSR count). The Hall–Kier alpha value is 0.555. The molecule has 2 radical (unpaired) electrons. The van der Waals surface area contributed by atoms with E-state index in [1.54, 1.807) is 13.8 Å². The predicted octanol–water partition coefficient (Wildman–Crippen LogP) is 0.766. The van der Waals surface area contributed by atoms with Crippen molar-refractivity contribution in [1.82, 2.24) is 0 Å². The van der Waals surface area contributed by atoms with E-state index in [1.165, 1.54) is 0 Å². The molecule has 0 aromatic rings. The lowest BCUT2D eigenvalue weighted by atomic mass is 9.88. The van der Waals surface area contributed by atoms with Crippen LogP contribution in [0.2, 0.25) is 0 Å². The van der Waals surface area contributed by atoms with Crippen molar-refractivity contribution < 1.29 is 18.9 Å². The quantitative estimate of drug-likeness (QED) is 0.601. The van der Waals surface area contributed by atoms with Gasteiger partial charge in [-0.1, -0.05) is 0 Å². The van der Waals surface area contributed by atoms with Crippen LogP contribution in [0.4, 0.5) is 0 Å². The summed E-state index contributed by atoms with van der Waals surface area (Å²) in [4.78, 5) is 9.73. The van der Waals surface area contributed by atoms with E-state index in [1.807, 2.05) is 0 Å². The van der Waals surface area contributed by atoms with E-state index in [9.17, 15) is 4.89 Å². The molecule has 5 atom stereocenters. The van der Waals surface area contributed by atoms with Gasteiger partial charge in [-0.3, -0.25) is 0 Å². The molecule has 0 amide bonds. The van der Waals surface area contributed by atoms with Crippen LogP contribution in [0.5, 0.6) is 0 Å². The lowest BCUT2D eigenvalue weighted by molar-refractivity contribution is -0.0639. The van der Waals surface area contributed by atoms with Crippen LogP contribution in [0.3, 0.4) is 0 Å². The average molecular weight is 262 g/mol. The molecular weight excluding hydrogens is 246 g/mol. The SMILES string of the molecule is [B]C1C[C@@]2(OP(C)(O)=S)CC[C@@H](OC)C2O1. The molecule has 1 saturated heterocycles. The monoisotopic (exact) mass is 262 g/mol. The highest BCUT2D eigenvalue weighted by Crippen LogP contribution is 2.54. The van der Waals surface area contributed by atoms with Crippen molar-refractivity contribution in [3.8, 4) is 0 Å². The molecule has 1 saturated carbocycles. The fourth-order valence-corrected chi connectivity index (χ4v) is 4.13. The van der Waals surface area contributed by atoms with E-state index < -0.39 is 12.1 Å². The van der Waals surface area contributed by atoms with Crippen LogP contribution in [0.25, 0.3) is 0 Å². The molecule has 1 heterocycles. The van der Waals surface area contributed by atoms with Gasteiger partial charge in [0.2, 0.25) is 0 Å². The second-order valence-electron chi connectivity index (χ2n) is 4.57. The maximum atomic E-state index is 9.73. The van der Waals surface area contributed by atoms with Gasteiger partial charge in [-0.05, 0) is 31.1 Å². The number of methoxy groups -OCH3 is 1. The third kappa shape index (κ3) is 2.38. The van der Waals surface area contributed by atoms with Crippen LogP contribution >= 0.6 is 6.49 Å². The Kier molecular flexibility index (Phi) is 3.53. The van der Waals surface area contributed by atoms with Gasteiger partial charge in [0.15, 0.2) is 6.49 Å². The van der Waals surface area contributed by atoms with Crippen LogP contribution in [0.1, 0.15) is 19.3 Å². The summed E-state index contributed by atoms with van der Waals surface area (Å²) in [5.41, 5.74) is -0.543. The Morgan fingerprint density at radius 1 is 1.62 bits per heavy atom. The Morgan fingerprint density at radius 2 is 2.31 bits per heavy atom. The first-order valence-corrected chi connectivity index (χ1v) is 8.43. The Labute approximate surface area is 102 Å². The molecule has 16 heavy (non-hydrogen) atoms. The second kappa shape index (κ2) is 4.34. The van der Waals surface area contributed by atoms with Crippen molar-refractivity contribution in [2.45, 2.75) is 43.1 Å². The van der Waals surface area contributed by atoms with Crippen LogP contribution in [0, 0.1) is 0 Å². The van der Waals surface area contributed by atoms with Crippen molar-refractivity contribution in [3.63, 3.8) is 0 Å². The standard InChI is InChI=1S/C9H16BO4PS/c1-12-6-3-4-9(14-15(2,11)16)5-7(10)13-8(6)9/h6-8H,3-5H2,1-2H3,(H,11,16)/t6-,7?,8?,9+,15?/m1/s1. The molecule has 2 fully saturated rings. The van der Waals surface area contributed by atoms with Gasteiger partial charge in [0, 0.05) is 19.8 Å². The van der Waals surface area contributed by atoms with Gasteiger partial charge >= 0.3 is 0 Å². The van der Waals surface area contributed by atoms with Gasteiger partial charge in [-0.2, -0.15) is 0 Å². The van der Waals surface area contributed by atoms with E-state index in [4.69, 9.17) is 33.7 Å². The summed E-state index contributed by atoms with van der Waals surface area (Å²) < 4.78 is 16.7. The lowest BCUT2D eigenvalue weighted by Gasteiger charge is -2.31. The molecule has 0 aromatic carbocycles. The number of fused-ring (bicyclic) bond motifs is 1. The van der Waals surface area contributed by atoms with E-state index in [2.05, 4.69) is 0 Å². The van der Waals surface area contributed by atoms with Crippen molar-refractivity contribution in [1.29, 1.82) is 0 Å². The minimum Gasteiger partial charge on any atom is -0.379 e. The predicted molar refractivity (Wildman–Crippen MR) is 65.3 cm³/mol. The third-order valence-electron chi connectivity index (χ3n) is 3.23. The first-order valence-electron chi connectivity index (χ1n) is 5.31. The van der Waals surface area contributed by atoms with Gasteiger partial charge in [0.1, 0.15) is 19.6 Å². The zero-order valence-corrected chi connectivity index (χ0v) is 11.2. The Bertz CT molecular complexity index is 323. The molecular formula is C9H16BO4PS. The molecule has 0 aromatic heterocycles. The molecule has 1 N–H and O–H groups in total. The van der Waals surface area contributed by atoms with E-state index in [0.29, 0.717) is 6.42 Å². The molecule has 7 heteroatoms. The maximum Gasteiger partial charge on any atom is 0.183 e. The third-order valence-corrected chi connectivity index (χ3v) is 4.16. The number of hydrogen-bond acceptors (Lipinski definition) is 4. The van der Waals surface area contributed by atoms with Crippen molar-refractivity contribution in [2.75, 3.05) is 13.8 Å². The highest BCUT2D eigenvalue weighted by Gasteiger charge is 2.57. The van der Waals surface area contributed by atoms with Crippen molar-refractivity contribution in [3.05, 3.63) is 0 Å². The minimum absolute atomic E-state index is 0.0184. The summed E-state index contributed by atoms with van der Waals surface area (Å²) in [7, 11) is 7.43. The fourth-order valence-electron chi connectivity index (χ4n) is 2.74. The highest BCUT2D eigenvalue weighted by molar-refractivity contribution is 8.09. The van der Waals surface area contributed by atoms with Crippen molar-refractivity contribution in [2.24, 2.45) is 0 Å². The lowest BCUT2D eigenvalue weighted by Crippen LogP contribution is -2.40. The van der Waals surface area contributed by atoms with E-state index in [0.717, 1.165) is 12.8 Å². The van der Waals surface area contributed by atoms with Gasteiger partial charge in [0.05, 0.1) is 6.10 Å². The first-order chi connectivity index (χ1) is 7.36. The molecule has 1 aliphatic carbocycles. The van der Waals surface area contributed by atoms with Gasteiger partial charge in [-0.25, -0.2) is 0 Å². The molecule has 0 spiro atoms. The largest absolute Gasteiger partial charge is 0.379 e. The second-order valence-corrected chi connectivity index (χ2v) is 8.39. The molecule has 3 unspecified atom stereocenters. The zero-order valence-electron chi connectivity index (χ0n) is 9.46. The summed E-state index contributed by atoms with van der Waals surface area (Å²) in [6, 6.07) is -0.357. The Balaban J connectivity index is 2.21. The number of rotatable bonds is 3. The maximum absolute atomic E-state index is 9.73. The number of hydrogen-bond donors (Lipinski definition) is 1. The summed E-state index contributed by atoms with van der Waals surface area (Å²) >= 11 is 4.96. The summed E-state index contributed by atoms with van der Waals surface area (Å²) in [6.07, 6.45) is 1.97. The van der Waals surface area contributed by atoms with Crippen LogP contribution in [-0.2, 0) is 25.8 Å². The fraction of sp³-hybridized carbons (Fsp3) is 1.00. The smallest absolute Gasteiger partial charge is 0.183 e. The molecule has 4 nitrogen and oxygen atoms in total. The first kappa shape index (κ1) is 13.0. The van der Waals surface area contributed by atoms with E-state index >= 15 is 0 Å². The van der Waals surface area contributed by atoms with Crippen LogP contribution < -0.4 is 0 Å². The zero-order chi connectivity index (χ0) is 12.0. The molecule has 1 aliphatic heterocycles. The van der Waals surface area contributed by atoms with Crippen LogP contribution in [-0.4, -0.2) is 50.3 Å². The highest BCUT2D eigenvalue weighted by atomic mass is 32.5. The van der Waals surface area contributed by atoms with Crippen molar-refractivity contribution >= 4 is 26.1 Å².